The summed E-state index contributed by atoms with van der Waals surface area (Å²) >= 11 is 0. The second-order valence-corrected chi connectivity index (χ2v) is 5.88. The van der Waals surface area contributed by atoms with Gasteiger partial charge >= 0.3 is 0 Å². The molecule has 1 N–H and O–H groups in total. The number of hydrogen-bond acceptors (Lipinski definition) is 3. The van der Waals surface area contributed by atoms with Crippen LogP contribution < -0.4 is 0 Å². The third kappa shape index (κ3) is 5.43. The normalized spacial score (nSPS) is 25.0. The molecule has 2 aliphatic rings. The van der Waals surface area contributed by atoms with E-state index in [0.29, 0.717) is 12.7 Å². The van der Waals surface area contributed by atoms with E-state index in [9.17, 15) is 5.11 Å². The lowest BCUT2D eigenvalue weighted by Crippen LogP contribution is -2.40. The quantitative estimate of drug-likeness (QED) is 0.838. The van der Waals surface area contributed by atoms with Crippen molar-refractivity contribution in [1.82, 2.24) is 4.90 Å². The van der Waals surface area contributed by atoms with Crippen LogP contribution in [0.5, 0.6) is 0 Å². The highest BCUT2D eigenvalue weighted by Crippen LogP contribution is 2.21. The third-order valence-electron chi connectivity index (χ3n) is 4.17. The summed E-state index contributed by atoms with van der Waals surface area (Å²) in [6.07, 6.45) is 7.64. The maximum absolute atomic E-state index is 9.96. The zero-order valence-corrected chi connectivity index (χ0v) is 12.3. The standard InChI is InChI=1S/C14H27NO2.ClH/c1-12-6-8-15(9-7-12)10-13(16)11-17-14-4-2-3-5-14;/h12-14,16H,2-11H2,1H3;1H. The van der Waals surface area contributed by atoms with Crippen LogP contribution in [0.15, 0.2) is 0 Å². The molecule has 1 saturated heterocycles. The largest absolute Gasteiger partial charge is 0.389 e. The molecule has 0 spiro atoms. The SMILES string of the molecule is CC1CCN(CC(O)COC2CCCC2)CC1.Cl. The minimum atomic E-state index is -0.302. The molecule has 0 aromatic heterocycles. The van der Waals surface area contributed by atoms with E-state index < -0.39 is 0 Å². The summed E-state index contributed by atoms with van der Waals surface area (Å²) in [7, 11) is 0. The van der Waals surface area contributed by atoms with Crippen LogP contribution >= 0.6 is 12.4 Å². The van der Waals surface area contributed by atoms with Crippen LogP contribution in [0.4, 0.5) is 0 Å². The first-order chi connectivity index (χ1) is 8.24. The van der Waals surface area contributed by atoms with E-state index in [-0.39, 0.29) is 18.5 Å². The number of halogens is 1. The molecule has 1 aliphatic carbocycles. The number of β-amino-alcohol motifs (C(OH)–C–C–N with tert-alkyl or cyclic N) is 1. The number of likely N-dealkylation sites (tertiary alicyclic amines) is 1. The van der Waals surface area contributed by atoms with Crippen molar-refractivity contribution in [1.29, 1.82) is 0 Å². The number of piperidine rings is 1. The van der Waals surface area contributed by atoms with Crippen molar-refractivity contribution in [2.75, 3.05) is 26.2 Å². The van der Waals surface area contributed by atoms with E-state index in [2.05, 4.69) is 11.8 Å². The van der Waals surface area contributed by atoms with Gasteiger partial charge in [-0.15, -0.1) is 12.4 Å². The molecule has 108 valence electrons. The molecule has 3 nitrogen and oxygen atoms in total. The minimum absolute atomic E-state index is 0. The van der Waals surface area contributed by atoms with Crippen molar-refractivity contribution in [3.05, 3.63) is 0 Å². The van der Waals surface area contributed by atoms with E-state index in [0.717, 1.165) is 25.6 Å². The molecule has 0 aromatic carbocycles. The Hall–Kier alpha value is 0.170. The van der Waals surface area contributed by atoms with Gasteiger partial charge in [0, 0.05) is 6.54 Å². The molecule has 1 unspecified atom stereocenters. The number of nitrogens with zero attached hydrogens (tertiary/aromatic N) is 1. The molecule has 0 radical (unpaired) electrons. The second kappa shape index (κ2) is 8.36. The zero-order chi connectivity index (χ0) is 12.1. The lowest BCUT2D eigenvalue weighted by atomic mass is 9.99. The lowest BCUT2D eigenvalue weighted by Gasteiger charge is -2.31. The van der Waals surface area contributed by atoms with E-state index in [1.54, 1.807) is 0 Å². The van der Waals surface area contributed by atoms with Crippen molar-refractivity contribution >= 4 is 12.4 Å². The maximum atomic E-state index is 9.96. The van der Waals surface area contributed by atoms with Crippen LogP contribution in [-0.4, -0.2) is 48.5 Å². The molecule has 1 heterocycles. The van der Waals surface area contributed by atoms with Gasteiger partial charge in [0.25, 0.3) is 0 Å². The monoisotopic (exact) mass is 277 g/mol. The van der Waals surface area contributed by atoms with Crippen LogP contribution in [0.3, 0.4) is 0 Å². The maximum Gasteiger partial charge on any atom is 0.0900 e. The molecule has 4 heteroatoms. The Balaban J connectivity index is 0.00000162. The van der Waals surface area contributed by atoms with Gasteiger partial charge in [-0.1, -0.05) is 19.8 Å². The summed E-state index contributed by atoms with van der Waals surface area (Å²) in [5.74, 6) is 0.859. The highest BCUT2D eigenvalue weighted by molar-refractivity contribution is 5.85. The molecular weight excluding hydrogens is 250 g/mol. The van der Waals surface area contributed by atoms with Gasteiger partial charge in [-0.3, -0.25) is 0 Å². The Kier molecular flexibility index (Phi) is 7.54. The number of aliphatic hydroxyl groups excluding tert-OH is 1. The molecule has 18 heavy (non-hydrogen) atoms. The Morgan fingerprint density at radius 3 is 2.39 bits per heavy atom. The van der Waals surface area contributed by atoms with Crippen molar-refractivity contribution in [2.24, 2.45) is 5.92 Å². The van der Waals surface area contributed by atoms with Gasteiger partial charge < -0.3 is 14.7 Å². The first kappa shape index (κ1) is 16.2. The molecule has 2 rings (SSSR count). The smallest absolute Gasteiger partial charge is 0.0900 e. The average molecular weight is 278 g/mol. The van der Waals surface area contributed by atoms with Gasteiger partial charge in [-0.05, 0) is 44.7 Å². The van der Waals surface area contributed by atoms with Crippen LogP contribution in [0.2, 0.25) is 0 Å². The summed E-state index contributed by atoms with van der Waals surface area (Å²) in [6, 6.07) is 0. The summed E-state index contributed by atoms with van der Waals surface area (Å²) in [4.78, 5) is 2.38. The lowest BCUT2D eigenvalue weighted by molar-refractivity contribution is -0.0214. The van der Waals surface area contributed by atoms with Crippen molar-refractivity contribution in [3.8, 4) is 0 Å². The highest BCUT2D eigenvalue weighted by Gasteiger charge is 2.20. The number of ether oxygens (including phenoxy) is 1. The Bertz CT molecular complexity index is 214. The number of rotatable bonds is 5. The number of hydrogen-bond donors (Lipinski definition) is 1. The molecule has 1 atom stereocenters. The van der Waals surface area contributed by atoms with Crippen molar-refractivity contribution in [2.45, 2.75) is 57.7 Å². The van der Waals surface area contributed by atoms with E-state index >= 15 is 0 Å². The first-order valence-electron chi connectivity index (χ1n) is 7.26. The van der Waals surface area contributed by atoms with Gasteiger partial charge in [0.1, 0.15) is 0 Å². The van der Waals surface area contributed by atoms with Crippen molar-refractivity contribution < 1.29 is 9.84 Å². The fourth-order valence-electron chi connectivity index (χ4n) is 2.90. The second-order valence-electron chi connectivity index (χ2n) is 5.88. The van der Waals surface area contributed by atoms with Gasteiger partial charge in [0.2, 0.25) is 0 Å². The highest BCUT2D eigenvalue weighted by atomic mass is 35.5. The molecule has 1 aliphatic heterocycles. The average Bonchev–Trinajstić information content (AvgIpc) is 2.83. The minimum Gasteiger partial charge on any atom is -0.389 e. The topological polar surface area (TPSA) is 32.7 Å². The molecule has 2 fully saturated rings. The molecule has 1 saturated carbocycles. The summed E-state index contributed by atoms with van der Waals surface area (Å²) in [5, 5.41) is 9.96. The Morgan fingerprint density at radius 1 is 1.17 bits per heavy atom. The van der Waals surface area contributed by atoms with Gasteiger partial charge in [0.15, 0.2) is 0 Å². The zero-order valence-electron chi connectivity index (χ0n) is 11.5. The third-order valence-corrected chi connectivity index (χ3v) is 4.17. The van der Waals surface area contributed by atoms with Crippen LogP contribution in [0, 0.1) is 5.92 Å². The fourth-order valence-corrected chi connectivity index (χ4v) is 2.90. The number of aliphatic hydroxyl groups is 1. The predicted molar refractivity (Wildman–Crippen MR) is 76.3 cm³/mol. The summed E-state index contributed by atoms with van der Waals surface area (Å²) in [6.45, 7) is 5.91. The molecule has 0 bridgehead atoms. The van der Waals surface area contributed by atoms with E-state index in [4.69, 9.17) is 4.74 Å². The van der Waals surface area contributed by atoms with Crippen molar-refractivity contribution in [3.63, 3.8) is 0 Å². The fraction of sp³-hybridized carbons (Fsp3) is 1.00. The predicted octanol–water partition coefficient (Wildman–Crippen LogP) is 2.46. The summed E-state index contributed by atoms with van der Waals surface area (Å²) in [5.41, 5.74) is 0. The van der Waals surface area contributed by atoms with Crippen LogP contribution in [0.25, 0.3) is 0 Å². The molecular formula is C14H28ClNO2. The molecule has 0 amide bonds. The van der Waals surface area contributed by atoms with E-state index in [1.165, 1.54) is 38.5 Å². The Morgan fingerprint density at radius 2 is 1.78 bits per heavy atom. The van der Waals surface area contributed by atoms with Crippen LogP contribution in [-0.2, 0) is 4.74 Å². The van der Waals surface area contributed by atoms with Crippen LogP contribution in [0.1, 0.15) is 45.4 Å². The first-order valence-corrected chi connectivity index (χ1v) is 7.26. The summed E-state index contributed by atoms with van der Waals surface area (Å²) < 4.78 is 5.75. The van der Waals surface area contributed by atoms with Gasteiger partial charge in [0.05, 0.1) is 18.8 Å². The van der Waals surface area contributed by atoms with E-state index in [1.807, 2.05) is 0 Å². The van der Waals surface area contributed by atoms with Gasteiger partial charge in [-0.25, -0.2) is 0 Å². The Labute approximate surface area is 117 Å². The molecule has 0 aromatic rings. The van der Waals surface area contributed by atoms with Gasteiger partial charge in [-0.2, -0.15) is 0 Å².